The molecule has 32 heavy (non-hydrogen) atoms. The molecule has 164 valence electrons. The van der Waals surface area contributed by atoms with Crippen molar-refractivity contribution in [3.8, 4) is 11.1 Å². The number of aromatic amines is 2. The zero-order chi connectivity index (χ0) is 22.5. The van der Waals surface area contributed by atoms with Gasteiger partial charge in [0.1, 0.15) is 5.15 Å². The summed E-state index contributed by atoms with van der Waals surface area (Å²) in [5, 5.41) is 12.8. The van der Waals surface area contributed by atoms with E-state index in [0.29, 0.717) is 18.5 Å². The Labute approximate surface area is 183 Å². The Balaban J connectivity index is 1.54. The second-order valence-corrected chi connectivity index (χ2v) is 7.65. The third kappa shape index (κ3) is 3.44. The predicted octanol–water partition coefficient (Wildman–Crippen LogP) is 4.05. The number of carbonyl (C=O) groups excluding carboxylic acids is 1. The number of H-pyrrole nitrogens is 2. The van der Waals surface area contributed by atoms with Crippen LogP contribution in [0.4, 0.5) is 13.2 Å². The van der Waals surface area contributed by atoms with E-state index in [1.807, 2.05) is 6.08 Å². The van der Waals surface area contributed by atoms with E-state index in [2.05, 4.69) is 25.4 Å². The zero-order valence-corrected chi connectivity index (χ0v) is 17.1. The number of halogens is 4. The Kier molecular flexibility index (Phi) is 4.77. The Morgan fingerprint density at radius 2 is 1.81 bits per heavy atom. The lowest BCUT2D eigenvalue weighted by Gasteiger charge is -2.25. The van der Waals surface area contributed by atoms with Gasteiger partial charge in [0.2, 0.25) is 0 Å². The molecular formula is C20H15ClF3N7O. The number of imidazole rings is 1. The maximum Gasteiger partial charge on any atom is 0.420 e. The van der Waals surface area contributed by atoms with E-state index in [-0.39, 0.29) is 23.0 Å². The maximum absolute atomic E-state index is 13.8. The van der Waals surface area contributed by atoms with Crippen LogP contribution < -0.4 is 0 Å². The molecule has 0 aliphatic carbocycles. The number of nitrogens with one attached hydrogen (secondary N) is 2. The molecule has 0 aromatic carbocycles. The highest BCUT2D eigenvalue weighted by molar-refractivity contribution is 6.33. The maximum atomic E-state index is 13.8. The molecule has 0 fully saturated rings. The molecule has 0 saturated heterocycles. The molecule has 0 atom stereocenters. The van der Waals surface area contributed by atoms with Crippen molar-refractivity contribution in [2.45, 2.75) is 12.6 Å². The Morgan fingerprint density at radius 3 is 2.41 bits per heavy atom. The average molecular weight is 462 g/mol. The number of amides is 1. The lowest BCUT2D eigenvalue weighted by Crippen LogP contribution is -2.35. The van der Waals surface area contributed by atoms with Crippen LogP contribution in [0.2, 0.25) is 5.15 Å². The van der Waals surface area contributed by atoms with Gasteiger partial charge in [-0.1, -0.05) is 17.7 Å². The SMILES string of the molecule is O=C(c1nc2c(C(F)(F)F)cc(-c3cn[nH]c3)cn2c1Cl)N1CC=C(c2cn[nH]c2)CC1. The predicted molar refractivity (Wildman–Crippen MR) is 110 cm³/mol. The second kappa shape index (κ2) is 7.52. The van der Waals surface area contributed by atoms with Gasteiger partial charge in [0, 0.05) is 48.4 Å². The number of carbonyl (C=O) groups is 1. The zero-order valence-electron chi connectivity index (χ0n) is 16.3. The minimum absolute atomic E-state index is 0.176. The molecule has 1 aliphatic rings. The van der Waals surface area contributed by atoms with Crippen molar-refractivity contribution in [3.63, 3.8) is 0 Å². The third-order valence-corrected chi connectivity index (χ3v) is 5.73. The molecule has 0 saturated carbocycles. The highest BCUT2D eigenvalue weighted by Gasteiger charge is 2.36. The monoisotopic (exact) mass is 461 g/mol. The summed E-state index contributed by atoms with van der Waals surface area (Å²) in [6.07, 6.45) is 5.50. The summed E-state index contributed by atoms with van der Waals surface area (Å²) in [5.74, 6) is -0.529. The van der Waals surface area contributed by atoms with Crippen LogP contribution in [-0.4, -0.2) is 53.7 Å². The van der Waals surface area contributed by atoms with Gasteiger partial charge in [-0.15, -0.1) is 0 Å². The van der Waals surface area contributed by atoms with Crippen molar-refractivity contribution in [1.82, 2.24) is 34.7 Å². The van der Waals surface area contributed by atoms with Gasteiger partial charge in [0.25, 0.3) is 5.91 Å². The van der Waals surface area contributed by atoms with Gasteiger partial charge < -0.3 is 4.90 Å². The van der Waals surface area contributed by atoms with Crippen molar-refractivity contribution in [2.24, 2.45) is 0 Å². The van der Waals surface area contributed by atoms with E-state index < -0.39 is 23.3 Å². The Bertz CT molecular complexity index is 1320. The quantitative estimate of drug-likeness (QED) is 0.481. The van der Waals surface area contributed by atoms with E-state index in [1.54, 1.807) is 12.4 Å². The summed E-state index contributed by atoms with van der Waals surface area (Å²) in [6.45, 7) is 0.669. The molecule has 2 N–H and O–H groups in total. The van der Waals surface area contributed by atoms with Gasteiger partial charge in [0.15, 0.2) is 11.3 Å². The van der Waals surface area contributed by atoms with Gasteiger partial charge in [-0.3, -0.25) is 19.4 Å². The molecule has 0 radical (unpaired) electrons. The van der Waals surface area contributed by atoms with Crippen LogP contribution in [-0.2, 0) is 6.18 Å². The third-order valence-electron chi connectivity index (χ3n) is 5.37. The summed E-state index contributed by atoms with van der Waals surface area (Å²) < 4.78 is 42.4. The second-order valence-electron chi connectivity index (χ2n) is 7.29. The number of fused-ring (bicyclic) bond motifs is 1. The van der Waals surface area contributed by atoms with Gasteiger partial charge >= 0.3 is 6.18 Å². The highest BCUT2D eigenvalue weighted by atomic mass is 35.5. The number of hydrogen-bond donors (Lipinski definition) is 2. The molecule has 1 amide bonds. The summed E-state index contributed by atoms with van der Waals surface area (Å²) in [5.41, 5.74) is 1.02. The molecule has 12 heteroatoms. The fourth-order valence-corrected chi connectivity index (χ4v) is 3.97. The number of nitrogens with zero attached hydrogens (tertiary/aromatic N) is 5. The molecular weight excluding hydrogens is 447 g/mol. The van der Waals surface area contributed by atoms with E-state index in [1.165, 1.54) is 23.5 Å². The van der Waals surface area contributed by atoms with Crippen LogP contribution >= 0.6 is 11.6 Å². The molecule has 0 unspecified atom stereocenters. The number of rotatable bonds is 3. The van der Waals surface area contributed by atoms with E-state index in [4.69, 9.17) is 11.6 Å². The van der Waals surface area contributed by atoms with Gasteiger partial charge in [-0.25, -0.2) is 4.98 Å². The van der Waals surface area contributed by atoms with Crippen molar-refractivity contribution in [3.05, 3.63) is 65.1 Å². The summed E-state index contributed by atoms with van der Waals surface area (Å²) >= 11 is 6.37. The van der Waals surface area contributed by atoms with E-state index in [9.17, 15) is 18.0 Å². The first-order valence-electron chi connectivity index (χ1n) is 9.58. The van der Waals surface area contributed by atoms with Crippen LogP contribution in [0, 0.1) is 0 Å². The Hall–Kier alpha value is -3.60. The lowest BCUT2D eigenvalue weighted by molar-refractivity contribution is -0.136. The van der Waals surface area contributed by atoms with Gasteiger partial charge in [-0.2, -0.15) is 23.4 Å². The minimum atomic E-state index is -4.69. The van der Waals surface area contributed by atoms with Crippen molar-refractivity contribution < 1.29 is 18.0 Å². The summed E-state index contributed by atoms with van der Waals surface area (Å²) in [6, 6.07) is 0.971. The molecule has 4 aromatic heterocycles. The number of aromatic nitrogens is 6. The topological polar surface area (TPSA) is 95.0 Å². The average Bonchev–Trinajstić information content (AvgIpc) is 3.54. The number of pyridine rings is 1. The van der Waals surface area contributed by atoms with Crippen molar-refractivity contribution >= 4 is 28.7 Å². The van der Waals surface area contributed by atoms with Gasteiger partial charge in [-0.05, 0) is 18.1 Å². The van der Waals surface area contributed by atoms with Gasteiger partial charge in [0.05, 0.1) is 18.0 Å². The van der Waals surface area contributed by atoms with E-state index in [0.717, 1.165) is 21.6 Å². The van der Waals surface area contributed by atoms with Crippen LogP contribution in [0.25, 0.3) is 22.3 Å². The largest absolute Gasteiger partial charge is 0.420 e. The molecule has 0 spiro atoms. The van der Waals surface area contributed by atoms with Crippen LogP contribution in [0.3, 0.4) is 0 Å². The lowest BCUT2D eigenvalue weighted by atomic mass is 10.0. The standard InChI is InChI=1S/C20H15ClF3N7O/c21-17-16(19(32)30-3-1-11(2-4-30)13-6-25-26-7-13)29-18-15(20(22,23)24)5-12(10-31(17)18)14-8-27-28-9-14/h1,5-10H,2-4H2,(H,25,26)(H,27,28). The molecule has 5 rings (SSSR count). The highest BCUT2D eigenvalue weighted by Crippen LogP contribution is 2.37. The van der Waals surface area contributed by atoms with Crippen molar-refractivity contribution in [2.75, 3.05) is 13.1 Å². The number of hydrogen-bond acceptors (Lipinski definition) is 4. The minimum Gasteiger partial charge on any atom is -0.333 e. The molecule has 5 heterocycles. The van der Waals surface area contributed by atoms with E-state index >= 15 is 0 Å². The fraction of sp³-hybridized carbons (Fsp3) is 0.200. The molecule has 0 bridgehead atoms. The Morgan fingerprint density at radius 1 is 1.09 bits per heavy atom. The van der Waals surface area contributed by atoms with Crippen molar-refractivity contribution in [1.29, 1.82) is 0 Å². The molecule has 8 nitrogen and oxygen atoms in total. The first-order chi connectivity index (χ1) is 15.3. The first kappa shape index (κ1) is 20.3. The van der Waals surface area contributed by atoms with Crippen LogP contribution in [0.15, 0.2) is 43.1 Å². The normalized spacial score (nSPS) is 14.8. The molecule has 1 aliphatic heterocycles. The number of alkyl halides is 3. The fourth-order valence-electron chi connectivity index (χ4n) is 3.72. The smallest absolute Gasteiger partial charge is 0.333 e. The van der Waals surface area contributed by atoms with Crippen LogP contribution in [0.1, 0.15) is 28.0 Å². The van der Waals surface area contributed by atoms with Crippen LogP contribution in [0.5, 0.6) is 0 Å². The summed E-state index contributed by atoms with van der Waals surface area (Å²) in [4.78, 5) is 18.6. The summed E-state index contributed by atoms with van der Waals surface area (Å²) in [7, 11) is 0. The first-order valence-corrected chi connectivity index (χ1v) is 9.96. The molecule has 4 aromatic rings.